The first-order valence-corrected chi connectivity index (χ1v) is 7.72. The SMILES string of the molecule is CCn1cc(COc2ccccc2C)c2cc(CN)ccc21. The second-order valence-corrected chi connectivity index (χ2v) is 5.55. The molecule has 114 valence electrons. The fourth-order valence-corrected chi connectivity index (χ4v) is 2.80. The minimum absolute atomic E-state index is 0.561. The Kier molecular flexibility index (Phi) is 4.16. The summed E-state index contributed by atoms with van der Waals surface area (Å²) in [6.07, 6.45) is 2.18. The molecule has 0 unspecified atom stereocenters. The number of nitrogens with zero attached hydrogens (tertiary/aromatic N) is 1. The highest BCUT2D eigenvalue weighted by molar-refractivity contribution is 5.84. The molecule has 0 amide bonds. The fourth-order valence-electron chi connectivity index (χ4n) is 2.80. The van der Waals surface area contributed by atoms with Gasteiger partial charge in [0.25, 0.3) is 0 Å². The average Bonchev–Trinajstić information content (AvgIpc) is 2.91. The zero-order chi connectivity index (χ0) is 15.5. The molecule has 0 saturated heterocycles. The Labute approximate surface area is 131 Å². The quantitative estimate of drug-likeness (QED) is 0.772. The zero-order valence-electron chi connectivity index (χ0n) is 13.2. The lowest BCUT2D eigenvalue weighted by Crippen LogP contribution is -1.97. The summed E-state index contributed by atoms with van der Waals surface area (Å²) in [5, 5.41) is 1.23. The van der Waals surface area contributed by atoms with Crippen LogP contribution in [0.3, 0.4) is 0 Å². The van der Waals surface area contributed by atoms with Gasteiger partial charge in [-0.2, -0.15) is 0 Å². The average molecular weight is 294 g/mol. The first kappa shape index (κ1) is 14.7. The largest absolute Gasteiger partial charge is 0.489 e. The van der Waals surface area contributed by atoms with Crippen LogP contribution in [-0.2, 0) is 19.7 Å². The molecule has 0 saturated carbocycles. The standard InChI is InChI=1S/C19H22N2O/c1-3-21-12-16(13-22-19-7-5-4-6-14(19)2)17-10-15(11-20)8-9-18(17)21/h4-10,12H,3,11,13,20H2,1-2H3. The van der Waals surface area contributed by atoms with Crippen LogP contribution in [0.15, 0.2) is 48.7 Å². The molecule has 2 N–H and O–H groups in total. The molecular formula is C19H22N2O. The molecule has 3 heteroatoms. The van der Waals surface area contributed by atoms with Crippen LogP contribution >= 0.6 is 0 Å². The predicted molar refractivity (Wildman–Crippen MR) is 91.0 cm³/mol. The number of nitrogens with two attached hydrogens (primary N) is 1. The van der Waals surface area contributed by atoms with Crippen molar-refractivity contribution in [2.75, 3.05) is 0 Å². The van der Waals surface area contributed by atoms with Gasteiger partial charge in [0, 0.05) is 35.8 Å². The number of aromatic nitrogens is 1. The van der Waals surface area contributed by atoms with Crippen molar-refractivity contribution in [3.63, 3.8) is 0 Å². The van der Waals surface area contributed by atoms with E-state index in [4.69, 9.17) is 10.5 Å². The molecule has 0 aliphatic heterocycles. The highest BCUT2D eigenvalue weighted by Crippen LogP contribution is 2.25. The van der Waals surface area contributed by atoms with Crippen molar-refractivity contribution < 1.29 is 4.74 Å². The van der Waals surface area contributed by atoms with Gasteiger partial charge in [-0.15, -0.1) is 0 Å². The van der Waals surface area contributed by atoms with E-state index in [2.05, 4.69) is 48.9 Å². The van der Waals surface area contributed by atoms with Crippen molar-refractivity contribution in [1.29, 1.82) is 0 Å². The molecule has 2 aromatic carbocycles. The molecular weight excluding hydrogens is 272 g/mol. The lowest BCUT2D eigenvalue weighted by Gasteiger charge is -2.08. The van der Waals surface area contributed by atoms with Crippen LogP contribution < -0.4 is 10.5 Å². The second kappa shape index (κ2) is 6.24. The molecule has 3 nitrogen and oxygen atoms in total. The van der Waals surface area contributed by atoms with Gasteiger partial charge in [-0.25, -0.2) is 0 Å². The maximum atomic E-state index is 6.02. The topological polar surface area (TPSA) is 40.2 Å². The minimum Gasteiger partial charge on any atom is -0.489 e. The van der Waals surface area contributed by atoms with Gasteiger partial charge in [0.2, 0.25) is 0 Å². The van der Waals surface area contributed by atoms with Gasteiger partial charge < -0.3 is 15.0 Å². The number of hydrogen-bond donors (Lipinski definition) is 1. The first-order valence-electron chi connectivity index (χ1n) is 7.72. The van der Waals surface area contributed by atoms with E-state index in [-0.39, 0.29) is 0 Å². The van der Waals surface area contributed by atoms with E-state index < -0.39 is 0 Å². The van der Waals surface area contributed by atoms with Gasteiger partial charge >= 0.3 is 0 Å². The number of hydrogen-bond acceptors (Lipinski definition) is 2. The zero-order valence-corrected chi connectivity index (χ0v) is 13.2. The summed E-state index contributed by atoms with van der Waals surface area (Å²) in [5.41, 5.74) is 10.5. The van der Waals surface area contributed by atoms with Gasteiger partial charge in [0.05, 0.1) is 0 Å². The minimum atomic E-state index is 0.561. The van der Waals surface area contributed by atoms with E-state index in [0.717, 1.165) is 23.4 Å². The predicted octanol–water partition coefficient (Wildman–Crippen LogP) is 4.01. The summed E-state index contributed by atoms with van der Waals surface area (Å²) in [6, 6.07) is 14.5. The van der Waals surface area contributed by atoms with Crippen LogP contribution in [0.4, 0.5) is 0 Å². The smallest absolute Gasteiger partial charge is 0.122 e. The summed E-state index contributed by atoms with van der Waals surface area (Å²) < 4.78 is 8.27. The lowest BCUT2D eigenvalue weighted by atomic mass is 10.1. The van der Waals surface area contributed by atoms with Crippen LogP contribution in [0.5, 0.6) is 5.75 Å². The Balaban J connectivity index is 1.94. The Morgan fingerprint density at radius 3 is 2.68 bits per heavy atom. The van der Waals surface area contributed by atoms with Crippen molar-refractivity contribution in [3.8, 4) is 5.75 Å². The van der Waals surface area contributed by atoms with Crippen molar-refractivity contribution in [2.45, 2.75) is 33.5 Å². The highest BCUT2D eigenvalue weighted by Gasteiger charge is 2.09. The molecule has 3 aromatic rings. The Morgan fingerprint density at radius 1 is 1.14 bits per heavy atom. The Hall–Kier alpha value is -2.26. The third-order valence-corrected chi connectivity index (χ3v) is 4.08. The highest BCUT2D eigenvalue weighted by atomic mass is 16.5. The number of aryl methyl sites for hydroxylation is 2. The summed E-state index contributed by atoms with van der Waals surface area (Å²) in [5.74, 6) is 0.940. The molecule has 1 heterocycles. The van der Waals surface area contributed by atoms with Crippen LogP contribution in [0, 0.1) is 6.92 Å². The van der Waals surface area contributed by atoms with E-state index in [0.29, 0.717) is 13.2 Å². The Morgan fingerprint density at radius 2 is 1.95 bits per heavy atom. The van der Waals surface area contributed by atoms with E-state index in [1.165, 1.54) is 16.5 Å². The fraction of sp³-hybridized carbons (Fsp3) is 0.263. The number of ether oxygens (including phenoxy) is 1. The lowest BCUT2D eigenvalue weighted by molar-refractivity contribution is 0.305. The molecule has 0 atom stereocenters. The third kappa shape index (κ3) is 2.72. The van der Waals surface area contributed by atoms with E-state index in [1.54, 1.807) is 0 Å². The van der Waals surface area contributed by atoms with Crippen molar-refractivity contribution >= 4 is 10.9 Å². The molecule has 0 spiro atoms. The van der Waals surface area contributed by atoms with Gasteiger partial charge in [-0.1, -0.05) is 24.3 Å². The number of rotatable bonds is 5. The van der Waals surface area contributed by atoms with Crippen LogP contribution in [-0.4, -0.2) is 4.57 Å². The number of benzene rings is 2. The van der Waals surface area contributed by atoms with Crippen LogP contribution in [0.25, 0.3) is 10.9 Å². The van der Waals surface area contributed by atoms with Crippen LogP contribution in [0.1, 0.15) is 23.6 Å². The molecule has 0 aliphatic carbocycles. The van der Waals surface area contributed by atoms with Crippen molar-refractivity contribution in [3.05, 3.63) is 65.4 Å². The maximum absolute atomic E-state index is 6.02. The normalized spacial score (nSPS) is 11.0. The van der Waals surface area contributed by atoms with Crippen molar-refractivity contribution in [1.82, 2.24) is 4.57 Å². The second-order valence-electron chi connectivity index (χ2n) is 5.55. The van der Waals surface area contributed by atoms with Crippen molar-refractivity contribution in [2.24, 2.45) is 5.73 Å². The molecule has 1 aromatic heterocycles. The molecule has 0 aliphatic rings. The first-order chi connectivity index (χ1) is 10.7. The number of fused-ring (bicyclic) bond motifs is 1. The summed E-state index contributed by atoms with van der Waals surface area (Å²) in [4.78, 5) is 0. The van der Waals surface area contributed by atoms with Crippen LogP contribution in [0.2, 0.25) is 0 Å². The summed E-state index contributed by atoms with van der Waals surface area (Å²) in [6.45, 7) is 6.30. The molecule has 22 heavy (non-hydrogen) atoms. The summed E-state index contributed by atoms with van der Waals surface area (Å²) in [7, 11) is 0. The molecule has 0 bridgehead atoms. The molecule has 3 rings (SSSR count). The van der Waals surface area contributed by atoms with E-state index >= 15 is 0 Å². The van der Waals surface area contributed by atoms with E-state index in [9.17, 15) is 0 Å². The molecule has 0 fully saturated rings. The van der Waals surface area contributed by atoms with Gasteiger partial charge in [0.15, 0.2) is 0 Å². The van der Waals surface area contributed by atoms with Gasteiger partial charge in [0.1, 0.15) is 12.4 Å². The summed E-state index contributed by atoms with van der Waals surface area (Å²) >= 11 is 0. The molecule has 0 radical (unpaired) electrons. The van der Waals surface area contributed by atoms with Gasteiger partial charge in [-0.05, 0) is 43.2 Å². The van der Waals surface area contributed by atoms with E-state index in [1.807, 2.05) is 18.2 Å². The third-order valence-electron chi connectivity index (χ3n) is 4.08. The van der Waals surface area contributed by atoms with Gasteiger partial charge in [-0.3, -0.25) is 0 Å². The number of para-hydroxylation sites is 1. The Bertz CT molecular complexity index is 789. The maximum Gasteiger partial charge on any atom is 0.122 e. The monoisotopic (exact) mass is 294 g/mol.